The molecule has 72 valence electrons. The van der Waals surface area contributed by atoms with Crippen LogP contribution in [-0.2, 0) is 14.3 Å². The summed E-state index contributed by atoms with van der Waals surface area (Å²) in [4.78, 5) is 10.7. The van der Waals surface area contributed by atoms with Crippen LogP contribution in [0.1, 0.15) is 0 Å². The fourth-order valence-corrected chi connectivity index (χ4v) is 1.85. The van der Waals surface area contributed by atoms with Crippen LogP contribution >= 0.6 is 20.7 Å². The third-order valence-corrected chi connectivity index (χ3v) is 2.80. The Bertz CT molecular complexity index is 150. The van der Waals surface area contributed by atoms with Crippen molar-refractivity contribution in [2.45, 2.75) is 0 Å². The lowest BCUT2D eigenvalue weighted by atomic mass is 10.7. The molecule has 0 saturated heterocycles. The minimum atomic E-state index is -0.254. The third-order valence-electron chi connectivity index (χ3n) is 0.995. The molecule has 0 heterocycles. The highest BCUT2D eigenvalue weighted by atomic mass is 127. The molecule has 0 aromatic carbocycles. The van der Waals surface area contributed by atoms with Crippen molar-refractivity contribution in [2.24, 2.45) is 0 Å². The molecular weight excluding hydrogens is 273 g/mol. The van der Waals surface area contributed by atoms with Gasteiger partial charge >= 0.3 is 0 Å². The highest BCUT2D eigenvalue weighted by molar-refractivity contribution is 14.2. The molecule has 0 unspecified atom stereocenters. The van der Waals surface area contributed by atoms with Gasteiger partial charge in [0.05, 0.1) is 17.8 Å². The van der Waals surface area contributed by atoms with E-state index in [4.69, 9.17) is 9.47 Å². The molecule has 0 rings (SSSR count). The maximum atomic E-state index is 10.7. The summed E-state index contributed by atoms with van der Waals surface area (Å²) in [6.07, 6.45) is 0. The van der Waals surface area contributed by atoms with Crippen molar-refractivity contribution in [3.63, 3.8) is 0 Å². The van der Waals surface area contributed by atoms with Crippen LogP contribution in [0.5, 0.6) is 0 Å². The molecule has 0 bridgehead atoms. The van der Waals surface area contributed by atoms with E-state index in [2.05, 4.69) is 5.32 Å². The number of nitrogens with one attached hydrogen (secondary N) is 1. The second kappa shape index (κ2) is 9.08. The van der Waals surface area contributed by atoms with E-state index in [9.17, 15) is 4.79 Å². The number of alkyl halides is 1. The molecule has 0 aliphatic heterocycles. The third kappa shape index (κ3) is 8.09. The summed E-state index contributed by atoms with van der Waals surface area (Å²) in [5.41, 5.74) is 0. The monoisotopic (exact) mass is 287 g/mol. The van der Waals surface area contributed by atoms with E-state index in [1.807, 2.05) is 0 Å². The molecule has 0 atom stereocenters. The summed E-state index contributed by atoms with van der Waals surface area (Å²) < 4.78 is 12.3. The summed E-state index contributed by atoms with van der Waals surface area (Å²) in [6.45, 7) is 1.22. The number of ether oxygens (including phenoxy) is 2. The smallest absolute Gasteiger partial charge is 0.249 e. The standard InChI is InChI=1S/C7H14INO3/c1-9-7(10)5-8-6-12-4-3-11-2/h5H,3-4,6H2,1-2H3,(H,9,10). The van der Waals surface area contributed by atoms with E-state index in [1.165, 1.54) is 0 Å². The Labute approximate surface area is 82.4 Å². The first kappa shape index (κ1) is 12.0. The Balaban J connectivity index is 3.18. The zero-order chi connectivity index (χ0) is 9.23. The van der Waals surface area contributed by atoms with E-state index in [1.54, 1.807) is 18.2 Å². The van der Waals surface area contributed by atoms with Gasteiger partial charge in [0.2, 0.25) is 5.91 Å². The molecule has 0 saturated carbocycles. The minimum absolute atomic E-state index is 0.0156. The van der Waals surface area contributed by atoms with Crippen LogP contribution < -0.4 is 5.32 Å². The first-order valence-electron chi connectivity index (χ1n) is 3.50. The minimum Gasteiger partial charge on any atom is -0.382 e. The molecule has 12 heavy (non-hydrogen) atoms. The van der Waals surface area contributed by atoms with E-state index in [0.29, 0.717) is 17.8 Å². The van der Waals surface area contributed by atoms with Gasteiger partial charge in [-0.2, -0.15) is 0 Å². The lowest BCUT2D eigenvalue weighted by Crippen LogP contribution is -2.17. The van der Waals surface area contributed by atoms with Crippen LogP contribution in [-0.4, -0.2) is 41.9 Å². The van der Waals surface area contributed by atoms with Gasteiger partial charge in [0, 0.05) is 18.2 Å². The number of hydrogen-bond donors (Lipinski definition) is 1. The Morgan fingerprint density at radius 2 is 2.33 bits per heavy atom. The fraction of sp³-hybridized carbons (Fsp3) is 0.714. The molecule has 0 aliphatic carbocycles. The Hall–Kier alpha value is -0.0100. The molecule has 0 aromatic rings. The highest BCUT2D eigenvalue weighted by Gasteiger charge is 1.87. The van der Waals surface area contributed by atoms with Gasteiger partial charge in [0.1, 0.15) is 0 Å². The number of amides is 1. The van der Waals surface area contributed by atoms with Crippen LogP contribution in [0.3, 0.4) is 0 Å². The van der Waals surface area contributed by atoms with Crippen molar-refractivity contribution in [2.75, 3.05) is 32.0 Å². The Kier molecular flexibility index (Phi) is 9.07. The molecule has 0 aromatic heterocycles. The molecule has 0 fully saturated rings. The normalized spacial score (nSPS) is 11.2. The lowest BCUT2D eigenvalue weighted by Gasteiger charge is -1.97. The molecule has 0 spiro atoms. The first-order valence-corrected chi connectivity index (χ1v) is 6.27. The average molecular weight is 287 g/mol. The average Bonchev–Trinajstić information content (AvgIpc) is 2.10. The van der Waals surface area contributed by atoms with Gasteiger partial charge < -0.3 is 14.8 Å². The molecule has 1 N–H and O–H groups in total. The van der Waals surface area contributed by atoms with Gasteiger partial charge in [-0.15, -0.1) is 0 Å². The zero-order valence-electron chi connectivity index (χ0n) is 7.30. The molecule has 5 heteroatoms. The predicted octanol–water partition coefficient (Wildman–Crippen LogP) is 0.126. The maximum Gasteiger partial charge on any atom is 0.249 e. The SMILES string of the molecule is CNC(=O)C=ICOCCOC. The van der Waals surface area contributed by atoms with Crippen molar-refractivity contribution in [1.29, 1.82) is 0 Å². The maximum absolute atomic E-state index is 10.7. The van der Waals surface area contributed by atoms with Gasteiger partial charge in [-0.05, 0) is 0 Å². The second-order valence-corrected chi connectivity index (χ2v) is 4.01. The molecule has 4 nitrogen and oxygen atoms in total. The van der Waals surface area contributed by atoms with Gasteiger partial charge in [0.25, 0.3) is 0 Å². The number of carbonyl (C=O) groups excluding carboxylic acids is 1. The van der Waals surface area contributed by atoms with E-state index in [0.717, 1.165) is 0 Å². The van der Waals surface area contributed by atoms with Crippen molar-refractivity contribution in [1.82, 2.24) is 5.32 Å². The number of carbonyl (C=O) groups is 1. The molecule has 0 radical (unpaired) electrons. The van der Waals surface area contributed by atoms with Crippen molar-refractivity contribution >= 4 is 30.6 Å². The van der Waals surface area contributed by atoms with Crippen molar-refractivity contribution in [3.05, 3.63) is 0 Å². The van der Waals surface area contributed by atoms with E-state index < -0.39 is 0 Å². The second-order valence-electron chi connectivity index (χ2n) is 1.89. The quantitative estimate of drug-likeness (QED) is 0.429. The number of hydrogen-bond acceptors (Lipinski definition) is 3. The number of halogens is 1. The zero-order valence-corrected chi connectivity index (χ0v) is 9.46. The summed E-state index contributed by atoms with van der Waals surface area (Å²) in [5, 5.41) is 2.52. The van der Waals surface area contributed by atoms with Crippen molar-refractivity contribution < 1.29 is 14.3 Å². The lowest BCUT2D eigenvalue weighted by molar-refractivity contribution is -0.113. The van der Waals surface area contributed by atoms with Gasteiger partial charge in [0.15, 0.2) is 0 Å². The van der Waals surface area contributed by atoms with Crippen LogP contribution in [0.4, 0.5) is 0 Å². The molecule has 0 aliphatic rings. The van der Waals surface area contributed by atoms with Crippen LogP contribution in [0.2, 0.25) is 0 Å². The summed E-state index contributed by atoms with van der Waals surface area (Å²) in [7, 11) is 3.25. The number of methoxy groups -OCH3 is 1. The number of rotatable bonds is 6. The largest absolute Gasteiger partial charge is 0.382 e. The summed E-state index contributed by atoms with van der Waals surface area (Å²) >= 11 is -0.254. The van der Waals surface area contributed by atoms with Crippen molar-refractivity contribution in [3.8, 4) is 0 Å². The van der Waals surface area contributed by atoms with E-state index in [-0.39, 0.29) is 26.6 Å². The summed E-state index contributed by atoms with van der Waals surface area (Å²) in [5.74, 6) is -0.0156. The highest BCUT2D eigenvalue weighted by Crippen LogP contribution is 1.94. The Morgan fingerprint density at radius 3 is 2.92 bits per heavy atom. The van der Waals surface area contributed by atoms with Gasteiger partial charge in [-0.1, -0.05) is 20.7 Å². The van der Waals surface area contributed by atoms with E-state index >= 15 is 0 Å². The molecular formula is C7H14INO3. The summed E-state index contributed by atoms with van der Waals surface area (Å²) in [6, 6.07) is 0. The van der Waals surface area contributed by atoms with Gasteiger partial charge in [-0.25, -0.2) is 0 Å². The topological polar surface area (TPSA) is 47.6 Å². The van der Waals surface area contributed by atoms with Crippen LogP contribution in [0.25, 0.3) is 0 Å². The van der Waals surface area contributed by atoms with Gasteiger partial charge in [-0.3, -0.25) is 4.79 Å². The first-order chi connectivity index (χ1) is 5.81. The van der Waals surface area contributed by atoms with Crippen LogP contribution in [0, 0.1) is 0 Å². The fourth-order valence-electron chi connectivity index (χ4n) is 0.397. The van der Waals surface area contributed by atoms with Crippen LogP contribution in [0.15, 0.2) is 0 Å². The molecule has 1 amide bonds. The predicted molar refractivity (Wildman–Crippen MR) is 56.8 cm³/mol. The Morgan fingerprint density at radius 1 is 1.58 bits per heavy atom.